The van der Waals surface area contributed by atoms with Crippen LogP contribution in [0.25, 0.3) is 0 Å². The molecule has 0 spiro atoms. The van der Waals surface area contributed by atoms with Crippen LogP contribution in [-0.4, -0.2) is 35.5 Å². The first-order valence-corrected chi connectivity index (χ1v) is 6.63. The standard InChI is InChI=1S/C13H14BrNO4/c1-19-11-3-2-10(14)4-8(11)6-15-7-9(13(17)18)5-12(15)16/h2-4,9H,5-7H2,1H3,(H,17,18). The van der Waals surface area contributed by atoms with Gasteiger partial charge in [0.25, 0.3) is 0 Å². The molecule has 1 N–H and O–H groups in total. The minimum Gasteiger partial charge on any atom is -0.496 e. The molecular weight excluding hydrogens is 314 g/mol. The van der Waals surface area contributed by atoms with E-state index in [1.54, 1.807) is 12.0 Å². The number of amides is 1. The van der Waals surface area contributed by atoms with E-state index in [2.05, 4.69) is 15.9 Å². The highest BCUT2D eigenvalue weighted by Crippen LogP contribution is 2.27. The Hall–Kier alpha value is -1.56. The smallest absolute Gasteiger partial charge is 0.308 e. The Morgan fingerprint density at radius 3 is 2.89 bits per heavy atom. The molecule has 1 atom stereocenters. The molecule has 1 aromatic rings. The van der Waals surface area contributed by atoms with Crippen LogP contribution >= 0.6 is 15.9 Å². The van der Waals surface area contributed by atoms with Gasteiger partial charge in [-0.25, -0.2) is 0 Å². The number of ether oxygens (including phenoxy) is 1. The SMILES string of the molecule is COc1ccc(Br)cc1CN1CC(C(=O)O)CC1=O. The molecule has 1 aliphatic heterocycles. The van der Waals surface area contributed by atoms with Gasteiger partial charge in [0.15, 0.2) is 0 Å². The van der Waals surface area contributed by atoms with E-state index in [0.29, 0.717) is 12.3 Å². The lowest BCUT2D eigenvalue weighted by Gasteiger charge is -2.18. The molecule has 1 heterocycles. The highest BCUT2D eigenvalue weighted by atomic mass is 79.9. The van der Waals surface area contributed by atoms with Crippen molar-refractivity contribution >= 4 is 27.8 Å². The number of aliphatic carboxylic acids is 1. The summed E-state index contributed by atoms with van der Waals surface area (Å²) in [5.74, 6) is -0.966. The topological polar surface area (TPSA) is 66.8 Å². The monoisotopic (exact) mass is 327 g/mol. The molecule has 0 saturated carbocycles. The van der Waals surface area contributed by atoms with Crippen LogP contribution in [0.5, 0.6) is 5.75 Å². The number of methoxy groups -OCH3 is 1. The molecule has 102 valence electrons. The molecule has 1 saturated heterocycles. The average Bonchev–Trinajstić information content (AvgIpc) is 2.72. The quantitative estimate of drug-likeness (QED) is 0.917. The molecule has 2 rings (SSSR count). The van der Waals surface area contributed by atoms with Crippen LogP contribution in [0, 0.1) is 5.92 Å². The van der Waals surface area contributed by atoms with E-state index in [1.807, 2.05) is 18.2 Å². The van der Waals surface area contributed by atoms with Gasteiger partial charge >= 0.3 is 5.97 Å². The van der Waals surface area contributed by atoms with Crippen LogP contribution in [0.2, 0.25) is 0 Å². The first-order chi connectivity index (χ1) is 9.01. The van der Waals surface area contributed by atoms with E-state index in [-0.39, 0.29) is 18.9 Å². The summed E-state index contributed by atoms with van der Waals surface area (Å²) in [5.41, 5.74) is 0.858. The highest BCUT2D eigenvalue weighted by Gasteiger charge is 2.34. The van der Waals surface area contributed by atoms with Crippen LogP contribution in [0.15, 0.2) is 22.7 Å². The number of carboxylic acids is 1. The van der Waals surface area contributed by atoms with Gasteiger partial charge in [-0.3, -0.25) is 9.59 Å². The number of hydrogen-bond donors (Lipinski definition) is 1. The number of likely N-dealkylation sites (tertiary alicyclic amines) is 1. The Morgan fingerprint density at radius 2 is 2.32 bits per heavy atom. The van der Waals surface area contributed by atoms with Gasteiger partial charge in [0.05, 0.1) is 13.0 Å². The van der Waals surface area contributed by atoms with Crippen molar-refractivity contribution in [3.8, 4) is 5.75 Å². The maximum atomic E-state index is 11.8. The summed E-state index contributed by atoms with van der Waals surface area (Å²) in [5, 5.41) is 8.95. The minimum absolute atomic E-state index is 0.0751. The Labute approximate surface area is 119 Å². The zero-order chi connectivity index (χ0) is 14.0. The van der Waals surface area contributed by atoms with Crippen LogP contribution in [-0.2, 0) is 16.1 Å². The molecule has 1 aromatic carbocycles. The van der Waals surface area contributed by atoms with Crippen LogP contribution in [0.1, 0.15) is 12.0 Å². The fourth-order valence-electron chi connectivity index (χ4n) is 2.17. The number of carbonyl (C=O) groups excluding carboxylic acids is 1. The predicted molar refractivity (Wildman–Crippen MR) is 71.9 cm³/mol. The number of carbonyl (C=O) groups is 2. The van der Waals surface area contributed by atoms with Crippen molar-refractivity contribution in [2.75, 3.05) is 13.7 Å². The van der Waals surface area contributed by atoms with Gasteiger partial charge in [-0.2, -0.15) is 0 Å². The van der Waals surface area contributed by atoms with Crippen molar-refractivity contribution in [3.63, 3.8) is 0 Å². The second-order valence-electron chi connectivity index (χ2n) is 4.47. The summed E-state index contributed by atoms with van der Waals surface area (Å²) in [4.78, 5) is 24.3. The maximum absolute atomic E-state index is 11.8. The lowest BCUT2D eigenvalue weighted by molar-refractivity contribution is -0.141. The van der Waals surface area contributed by atoms with Crippen molar-refractivity contribution in [1.82, 2.24) is 4.90 Å². The van der Waals surface area contributed by atoms with Gasteiger partial charge in [-0.15, -0.1) is 0 Å². The zero-order valence-corrected chi connectivity index (χ0v) is 12.0. The Balaban J connectivity index is 2.15. The lowest BCUT2D eigenvalue weighted by Crippen LogP contribution is -2.26. The molecule has 0 bridgehead atoms. The summed E-state index contributed by atoms with van der Waals surface area (Å²) in [6.45, 7) is 0.620. The second kappa shape index (κ2) is 5.61. The highest BCUT2D eigenvalue weighted by molar-refractivity contribution is 9.10. The Bertz CT molecular complexity index is 517. The van der Waals surface area contributed by atoms with Crippen LogP contribution < -0.4 is 4.74 Å². The first-order valence-electron chi connectivity index (χ1n) is 5.84. The van der Waals surface area contributed by atoms with Crippen molar-refractivity contribution in [2.45, 2.75) is 13.0 Å². The lowest BCUT2D eigenvalue weighted by atomic mass is 10.1. The number of hydrogen-bond acceptors (Lipinski definition) is 3. The molecule has 6 heteroatoms. The summed E-state index contributed by atoms with van der Waals surface area (Å²) in [6, 6.07) is 5.54. The number of benzene rings is 1. The summed E-state index contributed by atoms with van der Waals surface area (Å²) >= 11 is 3.37. The number of nitrogens with zero attached hydrogens (tertiary/aromatic N) is 1. The van der Waals surface area contributed by atoms with Crippen LogP contribution in [0.3, 0.4) is 0 Å². The molecule has 19 heavy (non-hydrogen) atoms. The van der Waals surface area contributed by atoms with Crippen molar-refractivity contribution in [3.05, 3.63) is 28.2 Å². The van der Waals surface area contributed by atoms with Crippen LogP contribution in [0.4, 0.5) is 0 Å². The maximum Gasteiger partial charge on any atom is 0.308 e. The van der Waals surface area contributed by atoms with E-state index < -0.39 is 11.9 Å². The summed E-state index contributed by atoms with van der Waals surface area (Å²) in [7, 11) is 1.57. The first kappa shape index (κ1) is 13.9. The zero-order valence-electron chi connectivity index (χ0n) is 10.4. The van der Waals surface area contributed by atoms with Gasteiger partial charge < -0.3 is 14.7 Å². The average molecular weight is 328 g/mol. The summed E-state index contributed by atoms with van der Waals surface area (Å²) < 4.78 is 6.14. The van der Waals surface area contributed by atoms with E-state index in [9.17, 15) is 9.59 Å². The molecule has 1 fully saturated rings. The fourth-order valence-corrected chi connectivity index (χ4v) is 2.58. The van der Waals surface area contributed by atoms with Gasteiger partial charge in [0.1, 0.15) is 5.75 Å². The number of halogens is 1. The Morgan fingerprint density at radius 1 is 1.58 bits per heavy atom. The van der Waals surface area contributed by atoms with Gasteiger partial charge in [0, 0.05) is 29.5 Å². The fraction of sp³-hybridized carbons (Fsp3) is 0.385. The van der Waals surface area contributed by atoms with Gasteiger partial charge in [-0.05, 0) is 18.2 Å². The van der Waals surface area contributed by atoms with E-state index in [4.69, 9.17) is 9.84 Å². The van der Waals surface area contributed by atoms with Gasteiger partial charge in [0.2, 0.25) is 5.91 Å². The molecule has 0 aliphatic carbocycles. The normalized spacial score (nSPS) is 18.7. The van der Waals surface area contributed by atoms with E-state index in [0.717, 1.165) is 10.0 Å². The molecule has 5 nitrogen and oxygen atoms in total. The molecule has 0 aromatic heterocycles. The van der Waals surface area contributed by atoms with E-state index in [1.165, 1.54) is 0 Å². The molecule has 1 aliphatic rings. The van der Waals surface area contributed by atoms with Crippen molar-refractivity contribution < 1.29 is 19.4 Å². The van der Waals surface area contributed by atoms with E-state index >= 15 is 0 Å². The number of carboxylic acid groups (broad SMARTS) is 1. The summed E-state index contributed by atoms with van der Waals surface area (Å²) in [6.07, 6.45) is 0.0751. The molecular formula is C13H14BrNO4. The minimum atomic E-state index is -0.919. The number of rotatable bonds is 4. The van der Waals surface area contributed by atoms with Crippen molar-refractivity contribution in [2.24, 2.45) is 5.92 Å². The third-order valence-electron chi connectivity index (χ3n) is 3.17. The van der Waals surface area contributed by atoms with Crippen molar-refractivity contribution in [1.29, 1.82) is 0 Å². The molecule has 1 unspecified atom stereocenters. The molecule has 1 amide bonds. The predicted octanol–water partition coefficient (Wildman–Crippen LogP) is 1.89. The second-order valence-corrected chi connectivity index (χ2v) is 5.39. The molecule has 0 radical (unpaired) electrons. The Kier molecular flexibility index (Phi) is 4.09. The van der Waals surface area contributed by atoms with Gasteiger partial charge in [-0.1, -0.05) is 15.9 Å². The third kappa shape index (κ3) is 3.07. The third-order valence-corrected chi connectivity index (χ3v) is 3.66. The largest absolute Gasteiger partial charge is 0.496 e.